The molecule has 4 aliphatic rings. The van der Waals surface area contributed by atoms with Crippen molar-refractivity contribution in [1.82, 2.24) is 0 Å². The van der Waals surface area contributed by atoms with Crippen molar-refractivity contribution in [2.24, 2.45) is 17.3 Å². The second-order valence-electron chi connectivity index (χ2n) is 13.8. The Hall–Kier alpha value is -0.368. The highest BCUT2D eigenvalue weighted by Gasteiger charge is 2.67. The van der Waals surface area contributed by atoms with Gasteiger partial charge in [-0.05, 0) is 88.7 Å². The molecule has 5 nitrogen and oxygen atoms in total. The van der Waals surface area contributed by atoms with Gasteiger partial charge >= 0.3 is 13.1 Å². The van der Waals surface area contributed by atoms with Gasteiger partial charge in [0.25, 0.3) is 0 Å². The van der Waals surface area contributed by atoms with Crippen molar-refractivity contribution < 1.29 is 23.3 Å². The van der Waals surface area contributed by atoms with E-state index in [-0.39, 0.29) is 42.4 Å². The van der Waals surface area contributed by atoms with Gasteiger partial charge in [-0.25, -0.2) is 0 Å². The van der Waals surface area contributed by atoms with E-state index >= 15 is 0 Å². The molecule has 3 aliphatic carbocycles. The second-order valence-corrected chi connectivity index (χ2v) is 18.5. The van der Waals surface area contributed by atoms with Gasteiger partial charge in [-0.3, -0.25) is 4.79 Å². The highest BCUT2D eigenvalue weighted by Crippen LogP contribution is 2.65. The first-order chi connectivity index (χ1) is 14.3. The zero-order valence-electron chi connectivity index (χ0n) is 22.5. The van der Waals surface area contributed by atoms with E-state index < -0.39 is 13.9 Å². The molecule has 0 aromatic rings. The van der Waals surface area contributed by atoms with Gasteiger partial charge in [0.05, 0.1) is 24.2 Å². The molecule has 1 heterocycles. The van der Waals surface area contributed by atoms with E-state index in [9.17, 15) is 4.79 Å². The van der Waals surface area contributed by atoms with Gasteiger partial charge in [0.2, 0.25) is 0 Å². The Labute approximate surface area is 197 Å². The first kappa shape index (κ1) is 26.2. The van der Waals surface area contributed by atoms with E-state index in [0.29, 0.717) is 11.3 Å². The zero-order chi connectivity index (χ0) is 24.3. The van der Waals surface area contributed by atoms with E-state index in [0.717, 1.165) is 25.1 Å². The van der Waals surface area contributed by atoms with Gasteiger partial charge in [-0.1, -0.05) is 34.6 Å². The SMILES string of the molecule is CC(C)(C)OC(=O)C[C@H](CCB1O[C@@H]2CC3CC(C3(C)C)[C@]2(C)O1)O[Si](C)(C)C(C)(C)C. The summed E-state index contributed by atoms with van der Waals surface area (Å²) < 4.78 is 25.3. The summed E-state index contributed by atoms with van der Waals surface area (Å²) in [5.74, 6) is 1.11. The molecule has 0 amide bonds. The molecule has 4 fully saturated rings. The third kappa shape index (κ3) is 5.16. The summed E-state index contributed by atoms with van der Waals surface area (Å²) in [6.07, 6.45) is 4.11. The second kappa shape index (κ2) is 8.39. The number of carbonyl (C=O) groups excluding carboxylic acids is 1. The Morgan fingerprint density at radius 3 is 2.28 bits per heavy atom. The lowest BCUT2D eigenvalue weighted by atomic mass is 9.43. The molecule has 0 N–H and O–H groups in total. The van der Waals surface area contributed by atoms with Gasteiger partial charge < -0.3 is 18.5 Å². The summed E-state index contributed by atoms with van der Waals surface area (Å²) in [5.41, 5.74) is -0.341. The summed E-state index contributed by atoms with van der Waals surface area (Å²) in [7, 11) is -2.25. The van der Waals surface area contributed by atoms with Crippen molar-refractivity contribution in [2.75, 3.05) is 0 Å². The minimum atomic E-state index is -2.03. The lowest BCUT2D eigenvalue weighted by molar-refractivity contribution is -0.199. The molecule has 32 heavy (non-hydrogen) atoms. The number of esters is 1. The van der Waals surface area contributed by atoms with Gasteiger partial charge in [0.1, 0.15) is 5.60 Å². The minimum absolute atomic E-state index is 0.0779. The highest BCUT2D eigenvalue weighted by molar-refractivity contribution is 6.74. The Kier molecular flexibility index (Phi) is 6.88. The molecule has 2 unspecified atom stereocenters. The van der Waals surface area contributed by atoms with Crippen LogP contribution in [0, 0.1) is 17.3 Å². The molecule has 0 radical (unpaired) electrons. The van der Waals surface area contributed by atoms with Crippen LogP contribution in [0.4, 0.5) is 0 Å². The van der Waals surface area contributed by atoms with E-state index in [4.69, 9.17) is 18.5 Å². The Balaban J connectivity index is 1.64. The monoisotopic (exact) mass is 466 g/mol. The molecule has 0 aromatic heterocycles. The summed E-state index contributed by atoms with van der Waals surface area (Å²) in [6, 6.07) is 0. The third-order valence-corrected chi connectivity index (χ3v) is 13.3. The maximum absolute atomic E-state index is 12.6. The van der Waals surface area contributed by atoms with E-state index in [1.807, 2.05) is 20.8 Å². The van der Waals surface area contributed by atoms with Gasteiger partial charge in [0.15, 0.2) is 8.32 Å². The molecular weight excluding hydrogens is 419 g/mol. The van der Waals surface area contributed by atoms with Gasteiger partial charge in [0, 0.05) is 0 Å². The fraction of sp³-hybridized carbons (Fsp3) is 0.960. The summed E-state index contributed by atoms with van der Waals surface area (Å²) in [5, 5.41) is 0.0779. The third-order valence-electron chi connectivity index (χ3n) is 8.81. The Bertz CT molecular complexity index is 710. The molecule has 1 aliphatic heterocycles. The number of hydrogen-bond acceptors (Lipinski definition) is 5. The fourth-order valence-electron chi connectivity index (χ4n) is 5.76. The molecule has 1 saturated heterocycles. The first-order valence-electron chi connectivity index (χ1n) is 12.6. The van der Waals surface area contributed by atoms with Crippen LogP contribution < -0.4 is 0 Å². The summed E-state index contributed by atoms with van der Waals surface area (Å²) in [6.45, 7) is 23.9. The molecule has 2 bridgehead atoms. The van der Waals surface area contributed by atoms with E-state index in [1.165, 1.54) is 6.42 Å². The van der Waals surface area contributed by atoms with Crippen LogP contribution >= 0.6 is 0 Å². The molecule has 3 saturated carbocycles. The molecule has 0 spiro atoms. The largest absolute Gasteiger partial charge is 0.460 e. The fourth-order valence-corrected chi connectivity index (χ4v) is 7.15. The van der Waals surface area contributed by atoms with Crippen molar-refractivity contribution in [1.29, 1.82) is 0 Å². The van der Waals surface area contributed by atoms with Crippen molar-refractivity contribution in [3.8, 4) is 0 Å². The van der Waals surface area contributed by atoms with Crippen LogP contribution in [0.2, 0.25) is 24.5 Å². The normalized spacial score (nSPS) is 32.8. The maximum Gasteiger partial charge on any atom is 0.457 e. The van der Waals surface area contributed by atoms with Crippen LogP contribution in [0.15, 0.2) is 0 Å². The number of carbonyl (C=O) groups is 1. The average molecular weight is 467 g/mol. The Morgan fingerprint density at radius 1 is 1.12 bits per heavy atom. The van der Waals surface area contributed by atoms with Crippen molar-refractivity contribution >= 4 is 21.4 Å². The van der Waals surface area contributed by atoms with Crippen molar-refractivity contribution in [3.05, 3.63) is 0 Å². The standard InChI is InChI=1S/C25H47BO5Si/c1-22(2,3)28-21(27)16-18(30-32(10,11)23(4,5)6)12-13-26-29-20-15-17-14-19(24(17,7)8)25(20,9)31-26/h17-20H,12-16H2,1-11H3/t17?,18-,19?,20+,25-/m0/s1. The Morgan fingerprint density at radius 2 is 1.75 bits per heavy atom. The number of rotatable bonds is 7. The average Bonchev–Trinajstić information content (AvgIpc) is 2.92. The molecule has 5 atom stereocenters. The van der Waals surface area contributed by atoms with Crippen LogP contribution in [0.5, 0.6) is 0 Å². The van der Waals surface area contributed by atoms with Crippen LogP contribution in [0.25, 0.3) is 0 Å². The predicted octanol–water partition coefficient (Wildman–Crippen LogP) is 6.23. The van der Waals surface area contributed by atoms with Crippen molar-refractivity contribution in [2.45, 2.75) is 136 Å². The number of hydrogen-bond donors (Lipinski definition) is 0. The zero-order valence-corrected chi connectivity index (χ0v) is 23.5. The topological polar surface area (TPSA) is 54.0 Å². The predicted molar refractivity (Wildman–Crippen MR) is 132 cm³/mol. The smallest absolute Gasteiger partial charge is 0.457 e. The molecule has 7 heteroatoms. The molecule has 4 rings (SSSR count). The van der Waals surface area contributed by atoms with Crippen LogP contribution in [0.1, 0.15) is 88.0 Å². The van der Waals surface area contributed by atoms with Crippen molar-refractivity contribution in [3.63, 3.8) is 0 Å². The van der Waals surface area contributed by atoms with Crippen LogP contribution in [-0.2, 0) is 23.3 Å². The lowest BCUT2D eigenvalue weighted by Gasteiger charge is -2.64. The quantitative estimate of drug-likeness (QED) is 0.329. The first-order valence-corrected chi connectivity index (χ1v) is 15.5. The molecular formula is C25H47BO5Si. The summed E-state index contributed by atoms with van der Waals surface area (Å²) in [4.78, 5) is 12.6. The van der Waals surface area contributed by atoms with Gasteiger partial charge in [-0.15, -0.1) is 0 Å². The lowest BCUT2D eigenvalue weighted by Crippen LogP contribution is -2.65. The molecule has 184 valence electrons. The van der Waals surface area contributed by atoms with Gasteiger partial charge in [-0.2, -0.15) is 0 Å². The van der Waals surface area contributed by atoms with E-state index in [2.05, 4.69) is 54.6 Å². The molecule has 0 aromatic carbocycles. The number of ether oxygens (including phenoxy) is 1. The highest BCUT2D eigenvalue weighted by atomic mass is 28.4. The van der Waals surface area contributed by atoms with Crippen LogP contribution in [-0.4, -0.2) is 44.8 Å². The minimum Gasteiger partial charge on any atom is -0.460 e. The van der Waals surface area contributed by atoms with Crippen LogP contribution in [0.3, 0.4) is 0 Å². The summed E-state index contributed by atoms with van der Waals surface area (Å²) >= 11 is 0. The van der Waals surface area contributed by atoms with E-state index in [1.54, 1.807) is 0 Å². The maximum atomic E-state index is 12.6.